The summed E-state index contributed by atoms with van der Waals surface area (Å²) in [5.74, 6) is 0.299. The predicted octanol–water partition coefficient (Wildman–Crippen LogP) is 2.62. The monoisotopic (exact) mass is 357 g/mol. The lowest BCUT2D eigenvalue weighted by Gasteiger charge is -2.08. The summed E-state index contributed by atoms with van der Waals surface area (Å²) >= 11 is 0. The van der Waals surface area contributed by atoms with Crippen molar-refractivity contribution in [3.05, 3.63) is 59.1 Å². The number of hydrogen-bond donors (Lipinski definition) is 0. The Bertz CT molecular complexity index is 925. The highest BCUT2D eigenvalue weighted by atomic mass is 16.6. The molecule has 0 aliphatic heterocycles. The number of carbonyl (C=O) groups is 1. The van der Waals surface area contributed by atoms with Gasteiger partial charge in [0.2, 0.25) is 0 Å². The van der Waals surface area contributed by atoms with Gasteiger partial charge in [0.15, 0.2) is 5.58 Å². The Balaban J connectivity index is 1.47. The molecule has 0 radical (unpaired) electrons. The summed E-state index contributed by atoms with van der Waals surface area (Å²) < 4.78 is 22.3. The summed E-state index contributed by atoms with van der Waals surface area (Å²) in [6.45, 7) is 2.60. The van der Waals surface area contributed by atoms with Crippen molar-refractivity contribution in [1.29, 1.82) is 0 Å². The number of ether oxygens (including phenoxy) is 3. The van der Waals surface area contributed by atoms with Crippen LogP contribution in [0.2, 0.25) is 0 Å². The van der Waals surface area contributed by atoms with Gasteiger partial charge in [0, 0.05) is 0 Å². The highest BCUT2D eigenvalue weighted by molar-refractivity contribution is 5.76. The molecule has 1 aromatic heterocycles. The molecular formula is C19H19NO6. The van der Waals surface area contributed by atoms with Crippen LogP contribution >= 0.6 is 0 Å². The Morgan fingerprint density at radius 1 is 1.00 bits per heavy atom. The molecule has 3 rings (SSSR count). The maximum Gasteiger partial charge on any atom is 0.420 e. The van der Waals surface area contributed by atoms with Gasteiger partial charge in [-0.05, 0) is 43.3 Å². The number of benzene rings is 2. The van der Waals surface area contributed by atoms with Crippen molar-refractivity contribution in [2.24, 2.45) is 0 Å². The van der Waals surface area contributed by atoms with Crippen LogP contribution < -0.4 is 15.2 Å². The topological polar surface area (TPSA) is 79.9 Å². The normalized spacial score (nSPS) is 10.7. The van der Waals surface area contributed by atoms with Crippen molar-refractivity contribution in [2.45, 2.75) is 13.5 Å². The first-order valence-corrected chi connectivity index (χ1v) is 8.27. The largest absolute Gasteiger partial charge is 0.494 e. The number of rotatable bonds is 8. The van der Waals surface area contributed by atoms with Crippen molar-refractivity contribution in [2.75, 3.05) is 19.8 Å². The van der Waals surface area contributed by atoms with Crippen molar-refractivity contribution in [3.63, 3.8) is 0 Å². The second-order valence-corrected chi connectivity index (χ2v) is 5.40. The molecule has 0 atom stereocenters. The lowest BCUT2D eigenvalue weighted by atomic mass is 10.3. The second-order valence-electron chi connectivity index (χ2n) is 5.40. The Morgan fingerprint density at radius 2 is 1.69 bits per heavy atom. The van der Waals surface area contributed by atoms with Crippen LogP contribution in [0.15, 0.2) is 57.7 Å². The third kappa shape index (κ3) is 4.24. The van der Waals surface area contributed by atoms with Crippen LogP contribution in [0.25, 0.3) is 11.1 Å². The standard InChI is InChI=1S/C19H19NO6/c1-2-23-14-7-9-15(10-8-14)24-11-12-25-18(21)13-20-16-5-3-4-6-17(16)26-19(20)22/h3-10H,2,11-13H2,1H3. The molecule has 0 aliphatic carbocycles. The van der Waals surface area contributed by atoms with E-state index in [1.807, 2.05) is 6.92 Å². The number of carbonyl (C=O) groups excluding carboxylic acids is 1. The van der Waals surface area contributed by atoms with Gasteiger partial charge in [0.1, 0.15) is 31.3 Å². The minimum absolute atomic E-state index is 0.0799. The average molecular weight is 357 g/mol. The zero-order valence-electron chi connectivity index (χ0n) is 14.3. The Hall–Kier alpha value is -3.22. The van der Waals surface area contributed by atoms with Crippen LogP contribution in [0, 0.1) is 0 Å². The van der Waals surface area contributed by atoms with E-state index in [2.05, 4.69) is 0 Å². The summed E-state index contributed by atoms with van der Waals surface area (Å²) in [5.41, 5.74) is 0.990. The van der Waals surface area contributed by atoms with E-state index >= 15 is 0 Å². The number of hydrogen-bond acceptors (Lipinski definition) is 6. The predicted molar refractivity (Wildman–Crippen MR) is 94.5 cm³/mol. The zero-order chi connectivity index (χ0) is 18.4. The number of nitrogens with zero attached hydrogens (tertiary/aromatic N) is 1. The lowest BCUT2D eigenvalue weighted by Crippen LogP contribution is -2.23. The van der Waals surface area contributed by atoms with Crippen molar-refractivity contribution < 1.29 is 23.4 Å². The highest BCUT2D eigenvalue weighted by Crippen LogP contribution is 2.17. The summed E-state index contributed by atoms with van der Waals surface area (Å²) in [6, 6.07) is 14.1. The number of esters is 1. The maximum atomic E-state index is 11.9. The third-order valence-corrected chi connectivity index (χ3v) is 3.61. The minimum atomic E-state index is -0.589. The molecule has 0 spiro atoms. The number of para-hydroxylation sites is 2. The SMILES string of the molecule is CCOc1ccc(OCCOC(=O)Cn2c(=O)oc3ccccc32)cc1. The Labute approximate surface area is 149 Å². The van der Waals surface area contributed by atoms with Gasteiger partial charge in [0.25, 0.3) is 0 Å². The summed E-state index contributed by atoms with van der Waals surface area (Å²) in [6.07, 6.45) is 0. The molecule has 0 fully saturated rings. The van der Waals surface area contributed by atoms with E-state index in [-0.39, 0.29) is 19.8 Å². The first-order chi connectivity index (χ1) is 12.7. The molecule has 7 heteroatoms. The van der Waals surface area contributed by atoms with Crippen LogP contribution in [0.5, 0.6) is 11.5 Å². The molecule has 136 valence electrons. The van der Waals surface area contributed by atoms with Gasteiger partial charge < -0.3 is 18.6 Å². The van der Waals surface area contributed by atoms with Gasteiger partial charge in [-0.15, -0.1) is 0 Å². The van der Waals surface area contributed by atoms with Gasteiger partial charge in [-0.3, -0.25) is 9.36 Å². The van der Waals surface area contributed by atoms with E-state index in [4.69, 9.17) is 18.6 Å². The van der Waals surface area contributed by atoms with E-state index in [0.717, 1.165) is 5.75 Å². The first-order valence-electron chi connectivity index (χ1n) is 8.27. The summed E-state index contributed by atoms with van der Waals surface area (Å²) in [7, 11) is 0. The molecule has 0 bridgehead atoms. The van der Waals surface area contributed by atoms with Crippen LogP contribution in [0.4, 0.5) is 0 Å². The van der Waals surface area contributed by atoms with Crippen molar-refractivity contribution >= 4 is 17.1 Å². The van der Waals surface area contributed by atoms with Gasteiger partial charge in [-0.25, -0.2) is 4.79 Å². The third-order valence-electron chi connectivity index (χ3n) is 3.61. The van der Waals surface area contributed by atoms with E-state index < -0.39 is 11.7 Å². The fraction of sp³-hybridized carbons (Fsp3) is 0.263. The minimum Gasteiger partial charge on any atom is -0.494 e. The van der Waals surface area contributed by atoms with E-state index in [1.165, 1.54) is 4.57 Å². The molecule has 2 aromatic carbocycles. The molecule has 0 amide bonds. The molecule has 0 saturated carbocycles. The number of fused-ring (bicyclic) bond motifs is 1. The number of oxazole rings is 1. The van der Waals surface area contributed by atoms with Gasteiger partial charge in [0.05, 0.1) is 12.1 Å². The van der Waals surface area contributed by atoms with E-state index in [9.17, 15) is 9.59 Å². The second kappa shape index (κ2) is 8.24. The molecule has 3 aromatic rings. The van der Waals surface area contributed by atoms with Crippen LogP contribution in [-0.2, 0) is 16.1 Å². The molecule has 0 unspecified atom stereocenters. The molecule has 0 N–H and O–H groups in total. The molecule has 1 heterocycles. The fourth-order valence-electron chi connectivity index (χ4n) is 2.45. The molecule has 26 heavy (non-hydrogen) atoms. The lowest BCUT2D eigenvalue weighted by molar-refractivity contribution is -0.145. The molecule has 0 saturated heterocycles. The summed E-state index contributed by atoms with van der Waals surface area (Å²) in [4.78, 5) is 23.8. The fourth-order valence-corrected chi connectivity index (χ4v) is 2.45. The Morgan fingerprint density at radius 3 is 2.42 bits per heavy atom. The zero-order valence-corrected chi connectivity index (χ0v) is 14.3. The van der Waals surface area contributed by atoms with Crippen LogP contribution in [0.1, 0.15) is 6.92 Å². The van der Waals surface area contributed by atoms with Gasteiger partial charge in [-0.1, -0.05) is 12.1 Å². The Kier molecular flexibility index (Phi) is 5.58. The van der Waals surface area contributed by atoms with E-state index in [1.54, 1.807) is 48.5 Å². The van der Waals surface area contributed by atoms with Crippen LogP contribution in [-0.4, -0.2) is 30.4 Å². The van der Waals surface area contributed by atoms with Crippen LogP contribution in [0.3, 0.4) is 0 Å². The summed E-state index contributed by atoms with van der Waals surface area (Å²) in [5, 5.41) is 0. The molecule has 7 nitrogen and oxygen atoms in total. The first kappa shape index (κ1) is 17.6. The molecular weight excluding hydrogens is 338 g/mol. The smallest absolute Gasteiger partial charge is 0.420 e. The van der Waals surface area contributed by atoms with Gasteiger partial charge >= 0.3 is 11.7 Å². The maximum absolute atomic E-state index is 11.9. The quantitative estimate of drug-likeness (QED) is 0.455. The van der Waals surface area contributed by atoms with E-state index in [0.29, 0.717) is 23.5 Å². The molecule has 0 aliphatic rings. The average Bonchev–Trinajstić information content (AvgIpc) is 2.96. The van der Waals surface area contributed by atoms with Crippen molar-refractivity contribution in [3.8, 4) is 11.5 Å². The highest BCUT2D eigenvalue weighted by Gasteiger charge is 2.13. The van der Waals surface area contributed by atoms with Gasteiger partial charge in [-0.2, -0.15) is 0 Å². The van der Waals surface area contributed by atoms with Crippen molar-refractivity contribution in [1.82, 2.24) is 4.57 Å². The number of aromatic nitrogens is 1.